The molecule has 0 aromatic heterocycles. The summed E-state index contributed by atoms with van der Waals surface area (Å²) in [5, 5.41) is 6.33. The topological polar surface area (TPSA) is 56.7 Å². The quantitative estimate of drug-likeness (QED) is 0.616. The molecule has 5 nitrogen and oxygen atoms in total. The zero-order valence-electron chi connectivity index (χ0n) is 13.7. The van der Waals surface area contributed by atoms with Gasteiger partial charge in [-0.3, -0.25) is 9.79 Å². The Hall–Kier alpha value is -1.26. The van der Waals surface area contributed by atoms with Crippen LogP contribution in [0.5, 0.6) is 0 Å². The lowest BCUT2D eigenvalue weighted by molar-refractivity contribution is -0.120. The summed E-state index contributed by atoms with van der Waals surface area (Å²) in [6.07, 6.45) is 7.21. The first kappa shape index (κ1) is 16.1. The van der Waals surface area contributed by atoms with Crippen molar-refractivity contribution in [2.45, 2.75) is 58.4 Å². The first-order valence-corrected chi connectivity index (χ1v) is 8.25. The summed E-state index contributed by atoms with van der Waals surface area (Å²) in [6.45, 7) is 6.88. The van der Waals surface area contributed by atoms with Crippen molar-refractivity contribution in [2.24, 2.45) is 10.4 Å². The van der Waals surface area contributed by atoms with Crippen molar-refractivity contribution in [3.8, 4) is 0 Å². The van der Waals surface area contributed by atoms with Crippen LogP contribution < -0.4 is 10.6 Å². The van der Waals surface area contributed by atoms with Crippen molar-refractivity contribution < 1.29 is 4.79 Å². The van der Waals surface area contributed by atoms with Crippen LogP contribution in [-0.4, -0.2) is 49.5 Å². The molecule has 0 bridgehead atoms. The normalized spacial score (nSPS) is 23.2. The van der Waals surface area contributed by atoms with E-state index >= 15 is 0 Å². The van der Waals surface area contributed by atoms with E-state index < -0.39 is 0 Å². The SMILES string of the molecule is CN=C(NCC(=O)NC1CCCCC1)N1CCC(C)(C)C1. The number of guanidine groups is 1. The van der Waals surface area contributed by atoms with E-state index in [9.17, 15) is 4.79 Å². The second-order valence-electron chi connectivity index (χ2n) is 7.14. The minimum Gasteiger partial charge on any atom is -0.352 e. The Balaban J connectivity index is 1.74. The molecule has 0 aromatic rings. The third-order valence-corrected chi connectivity index (χ3v) is 4.57. The number of hydrogen-bond acceptors (Lipinski definition) is 2. The number of nitrogens with zero attached hydrogens (tertiary/aromatic N) is 2. The van der Waals surface area contributed by atoms with E-state index in [1.54, 1.807) is 7.05 Å². The zero-order valence-corrected chi connectivity index (χ0v) is 13.7. The van der Waals surface area contributed by atoms with Crippen molar-refractivity contribution in [3.63, 3.8) is 0 Å². The monoisotopic (exact) mass is 294 g/mol. The highest BCUT2D eigenvalue weighted by Gasteiger charge is 2.31. The molecule has 120 valence electrons. The van der Waals surface area contributed by atoms with Gasteiger partial charge in [0.2, 0.25) is 5.91 Å². The smallest absolute Gasteiger partial charge is 0.239 e. The Morgan fingerprint density at radius 2 is 2.00 bits per heavy atom. The Bertz CT molecular complexity index is 386. The lowest BCUT2D eigenvalue weighted by atomic mass is 9.93. The van der Waals surface area contributed by atoms with Crippen LogP contribution in [0.2, 0.25) is 0 Å². The molecule has 1 heterocycles. The van der Waals surface area contributed by atoms with Gasteiger partial charge in [0.1, 0.15) is 0 Å². The molecule has 5 heteroatoms. The summed E-state index contributed by atoms with van der Waals surface area (Å²) in [5.41, 5.74) is 0.335. The second kappa shape index (κ2) is 7.14. The van der Waals surface area contributed by atoms with E-state index in [1.807, 2.05) is 0 Å². The number of aliphatic imine (C=N–C) groups is 1. The Labute approximate surface area is 128 Å². The molecule has 1 aliphatic carbocycles. The molecule has 0 spiro atoms. The number of likely N-dealkylation sites (tertiary alicyclic amines) is 1. The first-order valence-electron chi connectivity index (χ1n) is 8.25. The minimum atomic E-state index is 0.0847. The second-order valence-corrected chi connectivity index (χ2v) is 7.14. The van der Waals surface area contributed by atoms with Crippen LogP contribution in [0.1, 0.15) is 52.4 Å². The Morgan fingerprint density at radius 1 is 1.29 bits per heavy atom. The van der Waals surface area contributed by atoms with E-state index in [0.29, 0.717) is 18.0 Å². The molecule has 2 rings (SSSR count). The third-order valence-electron chi connectivity index (χ3n) is 4.57. The van der Waals surface area contributed by atoms with Gasteiger partial charge in [0.15, 0.2) is 5.96 Å². The van der Waals surface area contributed by atoms with Gasteiger partial charge in [0.25, 0.3) is 0 Å². The summed E-state index contributed by atoms with van der Waals surface area (Å²) in [5.74, 6) is 0.931. The number of rotatable bonds is 3. The van der Waals surface area contributed by atoms with E-state index in [4.69, 9.17) is 0 Å². The molecule has 0 aromatic carbocycles. The molecule has 1 amide bonds. The summed E-state index contributed by atoms with van der Waals surface area (Å²) >= 11 is 0. The van der Waals surface area contributed by atoms with E-state index in [-0.39, 0.29) is 5.91 Å². The van der Waals surface area contributed by atoms with E-state index in [1.165, 1.54) is 25.7 Å². The van der Waals surface area contributed by atoms with E-state index in [2.05, 4.69) is 34.4 Å². The standard InChI is InChI=1S/C16H30N4O/c1-16(2)9-10-20(12-16)15(17-3)18-11-14(21)19-13-7-5-4-6-8-13/h13H,4-12H2,1-3H3,(H,17,18)(H,19,21). The molecular formula is C16H30N4O. The summed E-state index contributed by atoms with van der Waals surface area (Å²) in [7, 11) is 1.78. The van der Waals surface area contributed by atoms with E-state index in [0.717, 1.165) is 31.9 Å². The van der Waals surface area contributed by atoms with Gasteiger partial charge in [-0.15, -0.1) is 0 Å². The van der Waals surface area contributed by atoms with Gasteiger partial charge in [-0.2, -0.15) is 0 Å². The molecule has 2 aliphatic rings. The molecule has 0 atom stereocenters. The maximum absolute atomic E-state index is 12.0. The highest BCUT2D eigenvalue weighted by atomic mass is 16.2. The number of amides is 1. The number of hydrogen-bond donors (Lipinski definition) is 2. The van der Waals surface area contributed by atoms with Crippen molar-refractivity contribution >= 4 is 11.9 Å². The molecule has 21 heavy (non-hydrogen) atoms. The van der Waals surface area contributed by atoms with Crippen LogP contribution in [0.4, 0.5) is 0 Å². The summed E-state index contributed by atoms with van der Waals surface area (Å²) in [4.78, 5) is 18.6. The van der Waals surface area contributed by atoms with Crippen LogP contribution in [0.25, 0.3) is 0 Å². The lowest BCUT2D eigenvalue weighted by Gasteiger charge is -2.25. The number of carbonyl (C=O) groups is 1. The Kier molecular flexibility index (Phi) is 5.48. The predicted octanol–water partition coefficient (Wildman–Crippen LogP) is 1.74. The van der Waals surface area contributed by atoms with Crippen molar-refractivity contribution in [2.75, 3.05) is 26.7 Å². The molecule has 1 saturated heterocycles. The lowest BCUT2D eigenvalue weighted by Crippen LogP contribution is -2.47. The highest BCUT2D eigenvalue weighted by Crippen LogP contribution is 2.28. The fraction of sp³-hybridized carbons (Fsp3) is 0.875. The average Bonchev–Trinajstić information content (AvgIpc) is 2.81. The number of nitrogens with one attached hydrogen (secondary N) is 2. The van der Waals surface area contributed by atoms with Crippen LogP contribution >= 0.6 is 0 Å². The third kappa shape index (κ3) is 4.90. The predicted molar refractivity (Wildman–Crippen MR) is 86.3 cm³/mol. The molecule has 1 aliphatic heterocycles. The summed E-state index contributed by atoms with van der Waals surface area (Å²) in [6, 6.07) is 0.376. The van der Waals surface area contributed by atoms with Crippen LogP contribution in [0, 0.1) is 5.41 Å². The fourth-order valence-electron chi connectivity index (χ4n) is 3.31. The van der Waals surface area contributed by atoms with Gasteiger partial charge in [0, 0.05) is 26.2 Å². The molecule has 0 unspecified atom stereocenters. The molecular weight excluding hydrogens is 264 g/mol. The maximum atomic E-state index is 12.0. The van der Waals surface area contributed by atoms with Gasteiger partial charge in [-0.25, -0.2) is 0 Å². The van der Waals surface area contributed by atoms with Crippen LogP contribution in [0.3, 0.4) is 0 Å². The largest absolute Gasteiger partial charge is 0.352 e. The van der Waals surface area contributed by atoms with Gasteiger partial charge in [-0.05, 0) is 24.7 Å². The fourth-order valence-corrected chi connectivity index (χ4v) is 3.31. The summed E-state index contributed by atoms with van der Waals surface area (Å²) < 4.78 is 0. The van der Waals surface area contributed by atoms with Crippen molar-refractivity contribution in [3.05, 3.63) is 0 Å². The minimum absolute atomic E-state index is 0.0847. The highest BCUT2D eigenvalue weighted by molar-refractivity contribution is 5.86. The number of carbonyl (C=O) groups excluding carboxylic acids is 1. The first-order chi connectivity index (χ1) is 10.00. The molecule has 1 saturated carbocycles. The van der Waals surface area contributed by atoms with Gasteiger partial charge < -0.3 is 15.5 Å². The zero-order chi connectivity index (χ0) is 15.3. The van der Waals surface area contributed by atoms with Gasteiger partial charge in [0.05, 0.1) is 6.54 Å². The van der Waals surface area contributed by atoms with Crippen LogP contribution in [-0.2, 0) is 4.79 Å². The van der Waals surface area contributed by atoms with Crippen molar-refractivity contribution in [1.29, 1.82) is 0 Å². The van der Waals surface area contributed by atoms with Gasteiger partial charge >= 0.3 is 0 Å². The molecule has 0 radical (unpaired) electrons. The average molecular weight is 294 g/mol. The molecule has 2 fully saturated rings. The Morgan fingerprint density at radius 3 is 2.57 bits per heavy atom. The van der Waals surface area contributed by atoms with Crippen molar-refractivity contribution in [1.82, 2.24) is 15.5 Å². The van der Waals surface area contributed by atoms with Crippen LogP contribution in [0.15, 0.2) is 4.99 Å². The maximum Gasteiger partial charge on any atom is 0.239 e. The van der Waals surface area contributed by atoms with Gasteiger partial charge in [-0.1, -0.05) is 33.1 Å². The molecule has 2 N–H and O–H groups in total.